The van der Waals surface area contributed by atoms with Gasteiger partial charge < -0.3 is 5.11 Å². The van der Waals surface area contributed by atoms with Gasteiger partial charge >= 0.3 is 0 Å². The Kier molecular flexibility index (Phi) is 5.46. The summed E-state index contributed by atoms with van der Waals surface area (Å²) in [5.74, 6) is 0. The summed E-state index contributed by atoms with van der Waals surface area (Å²) in [6, 6.07) is 0. The molecule has 0 unspecified atom stereocenters. The molecule has 86 valence electrons. The molecule has 0 aromatic rings. The van der Waals surface area contributed by atoms with Gasteiger partial charge in [-0.2, -0.15) is 8.42 Å². The van der Waals surface area contributed by atoms with Crippen LogP contribution in [0.25, 0.3) is 0 Å². The lowest BCUT2D eigenvalue weighted by Gasteiger charge is -2.24. The van der Waals surface area contributed by atoms with Crippen LogP contribution in [0, 0.1) is 0 Å². The number of aliphatic hydroxyl groups is 1. The summed E-state index contributed by atoms with van der Waals surface area (Å²) in [7, 11) is -4.40. The third-order valence-corrected chi connectivity index (χ3v) is 3.63. The van der Waals surface area contributed by atoms with Crippen LogP contribution in [0.4, 0.5) is 8.78 Å². The molecule has 4 nitrogen and oxygen atoms in total. The highest BCUT2D eigenvalue weighted by atomic mass is 32.2. The fraction of sp³-hybridized carbons (Fsp3) is 1.00. The molecule has 0 aromatic heterocycles. The Hall–Kier alpha value is -0.270. The largest absolute Gasteiger partial charge is 0.394 e. The van der Waals surface area contributed by atoms with Crippen LogP contribution in [-0.4, -0.2) is 44.8 Å². The number of hydrogen-bond donors (Lipinski definition) is 1. The number of halogens is 2. The summed E-state index contributed by atoms with van der Waals surface area (Å²) >= 11 is 0. The first-order chi connectivity index (χ1) is 6.49. The van der Waals surface area contributed by atoms with Gasteiger partial charge in [-0.3, -0.25) is 4.18 Å². The summed E-state index contributed by atoms with van der Waals surface area (Å²) in [5, 5.41) is 8.67. The number of hydrogen-bond acceptors (Lipinski definition) is 4. The minimum Gasteiger partial charge on any atom is -0.394 e. The third-order valence-electron chi connectivity index (χ3n) is 1.75. The van der Waals surface area contributed by atoms with Crippen LogP contribution in [0.15, 0.2) is 0 Å². The molecule has 0 aliphatic carbocycles. The Labute approximate surface area is 82.0 Å². The Morgan fingerprint density at radius 2 is 1.86 bits per heavy atom. The summed E-state index contributed by atoms with van der Waals surface area (Å²) in [6.45, 7) is -2.64. The third kappa shape index (κ3) is 2.61. The molecule has 0 bridgehead atoms. The average Bonchev–Trinajstić information content (AvgIpc) is 2.18. The normalized spacial score (nSPS) is 13.1. The molecule has 0 fully saturated rings. The van der Waals surface area contributed by atoms with Gasteiger partial charge in [0.15, 0.2) is 4.75 Å². The molecule has 0 aliphatic rings. The van der Waals surface area contributed by atoms with E-state index in [0.717, 1.165) is 0 Å². The zero-order valence-electron chi connectivity index (χ0n) is 7.87. The predicted octanol–water partition coefficient (Wildman–Crippen LogP) is 0.413. The molecule has 0 spiro atoms. The quantitative estimate of drug-likeness (QED) is 0.646. The van der Waals surface area contributed by atoms with Crippen LogP contribution < -0.4 is 0 Å². The summed E-state index contributed by atoms with van der Waals surface area (Å²) in [4.78, 5) is 0. The number of aliphatic hydroxyl groups excluding tert-OH is 1. The van der Waals surface area contributed by atoms with Gasteiger partial charge in [-0.05, 0) is 6.42 Å². The first kappa shape index (κ1) is 13.7. The molecule has 0 aliphatic heterocycles. The molecule has 0 heterocycles. The van der Waals surface area contributed by atoms with Gasteiger partial charge in [-0.1, -0.05) is 6.92 Å². The van der Waals surface area contributed by atoms with Crippen LogP contribution in [0.1, 0.15) is 13.3 Å². The molecule has 0 radical (unpaired) electrons. The van der Waals surface area contributed by atoms with Gasteiger partial charge in [0.25, 0.3) is 10.1 Å². The predicted molar refractivity (Wildman–Crippen MR) is 46.9 cm³/mol. The molecule has 0 aromatic carbocycles. The lowest BCUT2D eigenvalue weighted by atomic mass is 10.2. The summed E-state index contributed by atoms with van der Waals surface area (Å²) in [5.41, 5.74) is 0. The highest BCUT2D eigenvalue weighted by Crippen LogP contribution is 2.21. The van der Waals surface area contributed by atoms with E-state index in [1.54, 1.807) is 6.92 Å². The molecule has 7 heteroatoms. The standard InChI is InChI=1S/C7H14F2O4S/c1-2-3-13-14(11,12)7(4-8,5-9)6-10/h10H,2-6H2,1H3. The first-order valence-electron chi connectivity index (χ1n) is 4.11. The molecule has 14 heavy (non-hydrogen) atoms. The topological polar surface area (TPSA) is 63.6 Å². The Bertz CT molecular complexity index is 240. The van der Waals surface area contributed by atoms with Gasteiger partial charge in [-0.25, -0.2) is 8.78 Å². The maximum Gasteiger partial charge on any atom is 0.280 e. The first-order valence-corrected chi connectivity index (χ1v) is 5.52. The summed E-state index contributed by atoms with van der Waals surface area (Å²) < 4.78 is 49.1. The summed E-state index contributed by atoms with van der Waals surface area (Å²) in [6.07, 6.45) is 0.402. The monoisotopic (exact) mass is 232 g/mol. The van der Waals surface area contributed by atoms with Crippen molar-refractivity contribution < 1.29 is 26.5 Å². The van der Waals surface area contributed by atoms with E-state index in [-0.39, 0.29) is 6.61 Å². The van der Waals surface area contributed by atoms with Crippen molar-refractivity contribution in [3.8, 4) is 0 Å². The smallest absolute Gasteiger partial charge is 0.280 e. The van der Waals surface area contributed by atoms with Crippen LogP contribution >= 0.6 is 0 Å². The Morgan fingerprint density at radius 1 is 1.36 bits per heavy atom. The lowest BCUT2D eigenvalue weighted by Crippen LogP contribution is -2.47. The highest BCUT2D eigenvalue weighted by molar-refractivity contribution is 7.88. The van der Waals surface area contributed by atoms with Crippen molar-refractivity contribution in [2.45, 2.75) is 18.1 Å². The second kappa shape index (κ2) is 5.57. The van der Waals surface area contributed by atoms with Crippen molar-refractivity contribution in [2.24, 2.45) is 0 Å². The minimum atomic E-state index is -4.40. The second-order valence-corrected chi connectivity index (χ2v) is 4.89. The van der Waals surface area contributed by atoms with Crippen molar-refractivity contribution >= 4 is 10.1 Å². The maximum absolute atomic E-state index is 12.4. The van der Waals surface area contributed by atoms with Gasteiger partial charge in [0.05, 0.1) is 13.2 Å². The molecule has 0 rings (SSSR count). The molecular weight excluding hydrogens is 218 g/mol. The van der Waals surface area contributed by atoms with Crippen molar-refractivity contribution in [3.63, 3.8) is 0 Å². The molecule has 0 atom stereocenters. The van der Waals surface area contributed by atoms with Crippen LogP contribution in [0.3, 0.4) is 0 Å². The minimum absolute atomic E-state index is 0.149. The van der Waals surface area contributed by atoms with Crippen molar-refractivity contribution in [1.29, 1.82) is 0 Å². The van der Waals surface area contributed by atoms with E-state index in [1.807, 2.05) is 0 Å². The Balaban J connectivity index is 4.80. The molecule has 0 saturated heterocycles. The van der Waals surface area contributed by atoms with Gasteiger partial charge in [0, 0.05) is 0 Å². The van der Waals surface area contributed by atoms with Crippen LogP contribution in [0.5, 0.6) is 0 Å². The van der Waals surface area contributed by atoms with E-state index in [1.165, 1.54) is 0 Å². The molecular formula is C7H14F2O4S. The van der Waals surface area contributed by atoms with E-state index in [4.69, 9.17) is 5.11 Å². The fourth-order valence-electron chi connectivity index (χ4n) is 0.651. The zero-order chi connectivity index (χ0) is 11.2. The van der Waals surface area contributed by atoms with E-state index in [2.05, 4.69) is 4.18 Å². The van der Waals surface area contributed by atoms with Crippen LogP contribution in [-0.2, 0) is 14.3 Å². The average molecular weight is 232 g/mol. The number of alkyl halides is 2. The van der Waals surface area contributed by atoms with Gasteiger partial charge in [0.1, 0.15) is 13.3 Å². The Morgan fingerprint density at radius 3 is 2.14 bits per heavy atom. The highest BCUT2D eigenvalue weighted by Gasteiger charge is 2.45. The van der Waals surface area contributed by atoms with Crippen LogP contribution in [0.2, 0.25) is 0 Å². The van der Waals surface area contributed by atoms with Crippen molar-refractivity contribution in [1.82, 2.24) is 0 Å². The van der Waals surface area contributed by atoms with E-state index >= 15 is 0 Å². The van der Waals surface area contributed by atoms with Crippen molar-refractivity contribution in [3.05, 3.63) is 0 Å². The van der Waals surface area contributed by atoms with E-state index < -0.39 is 34.8 Å². The van der Waals surface area contributed by atoms with Gasteiger partial charge in [-0.15, -0.1) is 0 Å². The maximum atomic E-state index is 12.4. The molecule has 1 N–H and O–H groups in total. The van der Waals surface area contributed by atoms with Crippen molar-refractivity contribution in [2.75, 3.05) is 26.6 Å². The number of rotatable bonds is 7. The SMILES string of the molecule is CCCOS(=O)(=O)C(CO)(CF)CF. The zero-order valence-corrected chi connectivity index (χ0v) is 8.69. The second-order valence-electron chi connectivity index (χ2n) is 2.88. The van der Waals surface area contributed by atoms with E-state index in [9.17, 15) is 17.2 Å². The fourth-order valence-corrected chi connectivity index (χ4v) is 1.71. The molecule has 0 amide bonds. The lowest BCUT2D eigenvalue weighted by molar-refractivity contribution is 0.169. The van der Waals surface area contributed by atoms with Gasteiger partial charge in [0.2, 0.25) is 0 Å². The molecule has 0 saturated carbocycles. The van der Waals surface area contributed by atoms with E-state index in [0.29, 0.717) is 6.42 Å².